The Hall–Kier alpha value is -2.53. The van der Waals surface area contributed by atoms with E-state index in [9.17, 15) is 9.59 Å². The lowest BCUT2D eigenvalue weighted by Crippen LogP contribution is -3.00. The molecule has 1 atom stereocenters. The van der Waals surface area contributed by atoms with E-state index in [4.69, 9.17) is 15.6 Å². The van der Waals surface area contributed by atoms with Crippen molar-refractivity contribution >= 4 is 35.1 Å². The van der Waals surface area contributed by atoms with Crippen molar-refractivity contribution in [3.8, 4) is 0 Å². The number of carbonyl (C=O) groups excluding carboxylic acids is 1. The molecule has 3 N–H and O–H groups in total. The second-order valence-corrected chi connectivity index (χ2v) is 12.3. The van der Waals surface area contributed by atoms with Gasteiger partial charge in [-0.25, -0.2) is 0 Å². The zero-order chi connectivity index (χ0) is 24.9. The first-order valence-corrected chi connectivity index (χ1v) is 14.2. The van der Waals surface area contributed by atoms with Crippen LogP contribution in [0.3, 0.4) is 0 Å². The highest BCUT2D eigenvalue weighted by Gasteiger charge is 2.44. The normalized spacial score (nSPS) is 11.8. The van der Waals surface area contributed by atoms with Gasteiger partial charge < -0.3 is 32.6 Å². The molecule has 0 amide bonds. The van der Waals surface area contributed by atoms with E-state index in [1.807, 2.05) is 0 Å². The van der Waals surface area contributed by atoms with Gasteiger partial charge in [0, 0.05) is 6.42 Å². The molecule has 0 aliphatic rings. The predicted octanol–water partition coefficient (Wildman–Crippen LogP) is 1.28. The average molecular weight is 572 g/mol. The Morgan fingerprint density at radius 1 is 0.750 bits per heavy atom. The zero-order valence-electron chi connectivity index (χ0n) is 20.5. The first-order valence-electron chi connectivity index (χ1n) is 12.2. The first-order chi connectivity index (χ1) is 17.0. The van der Waals surface area contributed by atoms with Gasteiger partial charge in [-0.1, -0.05) is 54.6 Å². The van der Waals surface area contributed by atoms with Crippen molar-refractivity contribution in [2.75, 3.05) is 12.8 Å². The second kappa shape index (κ2) is 15.6. The molecule has 0 saturated heterocycles. The lowest BCUT2D eigenvalue weighted by Gasteiger charge is -2.27. The summed E-state index contributed by atoms with van der Waals surface area (Å²) in [7, 11) is -1.80. The summed E-state index contributed by atoms with van der Waals surface area (Å²) >= 11 is 0. The van der Waals surface area contributed by atoms with Gasteiger partial charge in [0.15, 0.2) is 0 Å². The quantitative estimate of drug-likeness (QED) is 0.173. The van der Waals surface area contributed by atoms with Crippen LogP contribution in [0.25, 0.3) is 0 Å². The molecule has 0 saturated carbocycles. The number of hydrogen-bond acceptors (Lipinski definition) is 4. The summed E-state index contributed by atoms with van der Waals surface area (Å²) in [5.41, 5.74) is 5.71. The molecule has 0 spiro atoms. The van der Waals surface area contributed by atoms with Gasteiger partial charge in [-0.2, -0.15) is 0 Å². The SMILES string of the molecule is N[C@@H](CCC(=O)O)C(=O)OCCCCCC[P+](c1ccccc1)(c1ccccc1)c1ccccc1.[Br-]. The molecule has 3 aromatic carbocycles. The zero-order valence-corrected chi connectivity index (χ0v) is 22.9. The summed E-state index contributed by atoms with van der Waals surface area (Å²) in [6.07, 6.45) is 4.87. The maximum Gasteiger partial charge on any atom is 0.322 e. The molecule has 192 valence electrons. The number of benzene rings is 3. The third kappa shape index (κ3) is 8.26. The van der Waals surface area contributed by atoms with Crippen molar-refractivity contribution in [3.05, 3.63) is 91.0 Å². The van der Waals surface area contributed by atoms with Gasteiger partial charge in [-0.05, 0) is 68.5 Å². The number of carboxylic acids is 1. The van der Waals surface area contributed by atoms with E-state index in [0.29, 0.717) is 6.61 Å². The molecule has 0 heterocycles. The van der Waals surface area contributed by atoms with E-state index in [2.05, 4.69) is 91.0 Å². The minimum atomic E-state index is -1.80. The Morgan fingerprint density at radius 2 is 1.19 bits per heavy atom. The minimum absolute atomic E-state index is 0. The van der Waals surface area contributed by atoms with Crippen LogP contribution >= 0.6 is 7.26 Å². The van der Waals surface area contributed by atoms with Crippen molar-refractivity contribution in [1.82, 2.24) is 0 Å². The number of nitrogens with two attached hydrogens (primary N) is 1. The van der Waals surface area contributed by atoms with E-state index < -0.39 is 25.2 Å². The van der Waals surface area contributed by atoms with Crippen LogP contribution in [0.15, 0.2) is 91.0 Å². The molecule has 0 aromatic heterocycles. The number of carbonyl (C=O) groups is 2. The Labute approximate surface area is 225 Å². The highest BCUT2D eigenvalue weighted by molar-refractivity contribution is 7.95. The molecule has 36 heavy (non-hydrogen) atoms. The van der Waals surface area contributed by atoms with Gasteiger partial charge >= 0.3 is 11.9 Å². The third-order valence-corrected chi connectivity index (χ3v) is 10.7. The largest absolute Gasteiger partial charge is 1.00 e. The van der Waals surface area contributed by atoms with Crippen molar-refractivity contribution in [3.63, 3.8) is 0 Å². The lowest BCUT2D eigenvalue weighted by molar-refractivity contribution is -0.145. The molecule has 0 fully saturated rings. The first kappa shape index (κ1) is 29.7. The predicted molar refractivity (Wildman–Crippen MR) is 144 cm³/mol. The number of esters is 1. The van der Waals surface area contributed by atoms with Gasteiger partial charge in [-0.15, -0.1) is 0 Å². The Kier molecular flexibility index (Phi) is 12.8. The number of unbranched alkanes of at least 4 members (excludes halogenated alkanes) is 3. The number of rotatable bonds is 14. The Balaban J connectivity index is 0.00000456. The van der Waals surface area contributed by atoms with Crippen molar-refractivity contribution in [1.29, 1.82) is 0 Å². The maximum atomic E-state index is 11.9. The minimum Gasteiger partial charge on any atom is -1.00 e. The summed E-state index contributed by atoms with van der Waals surface area (Å²) in [5.74, 6) is -1.48. The van der Waals surface area contributed by atoms with Gasteiger partial charge in [-0.3, -0.25) is 9.59 Å². The number of carboxylic acid groups (broad SMARTS) is 1. The monoisotopic (exact) mass is 571 g/mol. The van der Waals surface area contributed by atoms with Crippen molar-refractivity contribution in [2.24, 2.45) is 5.73 Å². The molecule has 3 aromatic rings. The van der Waals surface area contributed by atoms with E-state index in [-0.39, 0.29) is 29.8 Å². The molecular formula is C29H35BrNO4P. The summed E-state index contributed by atoms with van der Waals surface area (Å²) in [6, 6.07) is 31.7. The fourth-order valence-electron chi connectivity index (χ4n) is 4.36. The Morgan fingerprint density at radius 3 is 1.64 bits per heavy atom. The summed E-state index contributed by atoms with van der Waals surface area (Å²) in [5, 5.41) is 12.9. The topological polar surface area (TPSA) is 89.6 Å². The van der Waals surface area contributed by atoms with Crippen molar-refractivity contribution < 1.29 is 36.4 Å². The summed E-state index contributed by atoms with van der Waals surface area (Å²) in [4.78, 5) is 22.5. The highest BCUT2D eigenvalue weighted by Crippen LogP contribution is 2.55. The average Bonchev–Trinajstić information content (AvgIpc) is 2.90. The molecule has 5 nitrogen and oxygen atoms in total. The smallest absolute Gasteiger partial charge is 0.322 e. The number of aliphatic carboxylic acids is 1. The van der Waals surface area contributed by atoms with Gasteiger partial charge in [0.25, 0.3) is 0 Å². The lowest BCUT2D eigenvalue weighted by atomic mass is 10.2. The van der Waals surface area contributed by atoms with Crippen LogP contribution < -0.4 is 38.6 Å². The van der Waals surface area contributed by atoms with Gasteiger partial charge in [0.05, 0.1) is 12.8 Å². The molecule has 0 unspecified atom stereocenters. The van der Waals surface area contributed by atoms with Gasteiger partial charge in [0.2, 0.25) is 0 Å². The van der Waals surface area contributed by atoms with Crippen LogP contribution in [0, 0.1) is 0 Å². The van der Waals surface area contributed by atoms with E-state index in [1.54, 1.807) is 0 Å². The van der Waals surface area contributed by atoms with Crippen LogP contribution in [0.1, 0.15) is 38.5 Å². The van der Waals surface area contributed by atoms with Crippen LogP contribution in [0.5, 0.6) is 0 Å². The van der Waals surface area contributed by atoms with E-state index in [0.717, 1.165) is 31.8 Å². The second-order valence-electron chi connectivity index (χ2n) is 8.66. The summed E-state index contributed by atoms with van der Waals surface area (Å²) < 4.78 is 5.24. The maximum absolute atomic E-state index is 11.9. The fourth-order valence-corrected chi connectivity index (χ4v) is 8.77. The molecule has 7 heteroatoms. The van der Waals surface area contributed by atoms with Crippen LogP contribution in [-0.4, -0.2) is 35.9 Å². The van der Waals surface area contributed by atoms with Crippen molar-refractivity contribution in [2.45, 2.75) is 44.6 Å². The van der Waals surface area contributed by atoms with Crippen LogP contribution in [0.2, 0.25) is 0 Å². The molecule has 0 radical (unpaired) electrons. The summed E-state index contributed by atoms with van der Waals surface area (Å²) in [6.45, 7) is 0.315. The van der Waals surface area contributed by atoms with Gasteiger partial charge in [0.1, 0.15) is 29.2 Å². The molecular weight excluding hydrogens is 537 g/mol. The van der Waals surface area contributed by atoms with E-state index in [1.165, 1.54) is 15.9 Å². The Bertz CT molecular complexity index is 954. The standard InChI is InChI=1S/C29H34NO4P.BrH/c30-27(20-21-28(31)32)29(33)34-22-12-1-2-13-23-35(24-14-6-3-7-15-24,25-16-8-4-9-17-25)26-18-10-5-11-19-26;/h3-11,14-19,27H,1-2,12-13,20-23,30H2;1H/t27-;/m0./s1. The van der Waals surface area contributed by atoms with E-state index >= 15 is 0 Å². The number of halogens is 1. The highest BCUT2D eigenvalue weighted by atomic mass is 79.9. The molecule has 0 bridgehead atoms. The number of hydrogen-bond donors (Lipinski definition) is 2. The molecule has 0 aliphatic heterocycles. The number of ether oxygens (including phenoxy) is 1. The molecule has 3 rings (SSSR count). The molecule has 0 aliphatic carbocycles. The fraction of sp³-hybridized carbons (Fsp3) is 0.310. The third-order valence-electron chi connectivity index (χ3n) is 6.20. The van der Waals surface area contributed by atoms with Crippen LogP contribution in [0.4, 0.5) is 0 Å². The van der Waals surface area contributed by atoms with Crippen LogP contribution in [-0.2, 0) is 14.3 Å².